The van der Waals surface area contributed by atoms with Gasteiger partial charge in [0, 0.05) is 5.56 Å². The van der Waals surface area contributed by atoms with Crippen LogP contribution in [0.5, 0.6) is 0 Å². The number of amides is 1. The van der Waals surface area contributed by atoms with Crippen LogP contribution in [0, 0.1) is 11.7 Å². The molecule has 4 rings (SSSR count). The molecule has 0 aromatic heterocycles. The molecule has 1 amide bonds. The van der Waals surface area contributed by atoms with Crippen LogP contribution in [0.15, 0.2) is 66.7 Å². The number of carbonyl (C=O) groups excluding carboxylic acids is 1. The molecule has 0 spiro atoms. The number of carbonyl (C=O) groups is 2. The van der Waals surface area contributed by atoms with Crippen LogP contribution in [0.3, 0.4) is 0 Å². The zero-order chi connectivity index (χ0) is 24.9. The van der Waals surface area contributed by atoms with Crippen LogP contribution in [0.1, 0.15) is 33.5 Å². The maximum absolute atomic E-state index is 13.8. The lowest BCUT2D eigenvalue weighted by atomic mass is 9.95. The second-order valence-electron chi connectivity index (χ2n) is 8.17. The number of halogens is 4. The van der Waals surface area contributed by atoms with E-state index < -0.39 is 23.9 Å². The highest BCUT2D eigenvalue weighted by molar-refractivity contribution is 5.94. The molecule has 34 heavy (non-hydrogen) atoms. The number of rotatable bonds is 5. The molecule has 0 bridgehead atoms. The van der Waals surface area contributed by atoms with Crippen LogP contribution in [0.4, 0.5) is 17.6 Å². The van der Waals surface area contributed by atoms with Gasteiger partial charge in [0.05, 0.1) is 0 Å². The highest BCUT2D eigenvalue weighted by Gasteiger charge is 2.38. The molecule has 0 unspecified atom stereocenters. The number of carboxylic acid groups (broad SMARTS) is 1. The zero-order valence-electron chi connectivity index (χ0n) is 18.1. The minimum Gasteiger partial charge on any atom is -0.475 e. The first kappa shape index (κ1) is 25.0. The Morgan fingerprint density at radius 2 is 1.47 bits per heavy atom. The number of aryl methyl sites for hydroxylation is 1. The van der Waals surface area contributed by atoms with Crippen molar-refractivity contribution in [1.82, 2.24) is 0 Å². The summed E-state index contributed by atoms with van der Waals surface area (Å²) in [4.78, 5) is 20.2. The van der Waals surface area contributed by atoms with Gasteiger partial charge in [-0.2, -0.15) is 13.2 Å². The molecule has 0 heterocycles. The molecule has 3 N–H and O–H groups in total. The lowest BCUT2D eigenvalue weighted by molar-refractivity contribution is -0.192. The Kier molecular flexibility index (Phi) is 7.71. The van der Waals surface area contributed by atoms with Gasteiger partial charge in [-0.3, -0.25) is 4.79 Å². The van der Waals surface area contributed by atoms with Crippen molar-refractivity contribution in [2.24, 2.45) is 11.7 Å². The van der Waals surface area contributed by atoms with Crippen molar-refractivity contribution in [2.75, 3.05) is 0 Å². The summed E-state index contributed by atoms with van der Waals surface area (Å²) >= 11 is 0. The number of carboxylic acids is 1. The first-order valence-electron chi connectivity index (χ1n) is 10.6. The number of fused-ring (bicyclic) bond motifs is 1. The lowest BCUT2D eigenvalue weighted by Crippen LogP contribution is -2.21. The van der Waals surface area contributed by atoms with E-state index in [-0.39, 0.29) is 5.56 Å². The molecule has 0 atom stereocenters. The second kappa shape index (κ2) is 10.5. The molecule has 0 fully saturated rings. The SMILES string of the molecule is NC(=O)c1cc(F)cc(-c2ccc(CCC3Cc4ccccc4C3)cc2)c1.O=C(O)C(F)(F)F. The summed E-state index contributed by atoms with van der Waals surface area (Å²) < 4.78 is 45.5. The van der Waals surface area contributed by atoms with Crippen LogP contribution >= 0.6 is 0 Å². The van der Waals surface area contributed by atoms with E-state index in [1.807, 2.05) is 12.1 Å². The highest BCUT2D eigenvalue weighted by Crippen LogP contribution is 2.30. The zero-order valence-corrected chi connectivity index (χ0v) is 18.1. The number of primary amides is 1. The standard InChI is InChI=1S/C24H22FNO.C2HF3O2/c25-23-14-21(13-22(15-23)24(26)27)18-9-7-16(8-10-18)5-6-17-11-19-3-1-2-4-20(19)12-17;3-2(4,5)1(6)7/h1-4,7-10,13-15,17H,5-6,11-12H2,(H2,26,27);(H,6,7). The van der Waals surface area contributed by atoms with Crippen molar-refractivity contribution < 1.29 is 32.3 Å². The van der Waals surface area contributed by atoms with Gasteiger partial charge in [-0.15, -0.1) is 0 Å². The molecule has 0 saturated carbocycles. The number of nitrogens with two attached hydrogens (primary N) is 1. The maximum atomic E-state index is 13.8. The summed E-state index contributed by atoms with van der Waals surface area (Å²) in [6, 6.07) is 21.1. The number of alkyl halides is 3. The Balaban J connectivity index is 0.000000406. The summed E-state index contributed by atoms with van der Waals surface area (Å²) in [5.41, 5.74) is 11.3. The molecule has 178 valence electrons. The second-order valence-corrected chi connectivity index (χ2v) is 8.17. The van der Waals surface area contributed by atoms with E-state index in [0.29, 0.717) is 11.5 Å². The van der Waals surface area contributed by atoms with Crippen LogP contribution in [-0.4, -0.2) is 23.2 Å². The minimum absolute atomic E-state index is 0.190. The third kappa shape index (κ3) is 6.66. The Bertz CT molecular complexity index is 1150. The van der Waals surface area contributed by atoms with E-state index >= 15 is 0 Å². The van der Waals surface area contributed by atoms with E-state index in [1.54, 1.807) is 6.07 Å². The van der Waals surface area contributed by atoms with Gasteiger partial charge < -0.3 is 10.8 Å². The molecule has 3 aromatic carbocycles. The van der Waals surface area contributed by atoms with Crippen LogP contribution in [0.2, 0.25) is 0 Å². The van der Waals surface area contributed by atoms with Crippen LogP contribution in [0.25, 0.3) is 11.1 Å². The van der Waals surface area contributed by atoms with E-state index in [2.05, 4.69) is 36.4 Å². The van der Waals surface area contributed by atoms with Crippen molar-refractivity contribution in [1.29, 1.82) is 0 Å². The van der Waals surface area contributed by atoms with Crippen molar-refractivity contribution in [3.63, 3.8) is 0 Å². The van der Waals surface area contributed by atoms with E-state index in [0.717, 1.165) is 12.0 Å². The van der Waals surface area contributed by atoms with Gasteiger partial charge in [0.15, 0.2) is 0 Å². The smallest absolute Gasteiger partial charge is 0.475 e. The minimum atomic E-state index is -5.08. The van der Waals surface area contributed by atoms with Crippen molar-refractivity contribution in [2.45, 2.75) is 31.9 Å². The highest BCUT2D eigenvalue weighted by atomic mass is 19.4. The van der Waals surface area contributed by atoms with Gasteiger partial charge in [-0.05, 0) is 77.6 Å². The topological polar surface area (TPSA) is 80.4 Å². The summed E-state index contributed by atoms with van der Waals surface area (Å²) in [5.74, 6) is -3.12. The van der Waals surface area contributed by atoms with Crippen molar-refractivity contribution in [3.05, 3.63) is 94.8 Å². The third-order valence-corrected chi connectivity index (χ3v) is 5.69. The fraction of sp³-hybridized carbons (Fsp3) is 0.231. The number of benzene rings is 3. The fourth-order valence-corrected chi connectivity index (χ4v) is 3.99. The van der Waals surface area contributed by atoms with Crippen molar-refractivity contribution in [3.8, 4) is 11.1 Å². The molecule has 1 aliphatic rings. The molecule has 8 heteroatoms. The van der Waals surface area contributed by atoms with Gasteiger partial charge in [0.25, 0.3) is 0 Å². The molecular weight excluding hydrogens is 450 g/mol. The molecule has 0 radical (unpaired) electrons. The van der Waals surface area contributed by atoms with Crippen LogP contribution < -0.4 is 5.73 Å². The van der Waals surface area contributed by atoms with Crippen LogP contribution in [-0.2, 0) is 24.1 Å². The Morgan fingerprint density at radius 1 is 0.912 bits per heavy atom. The Morgan fingerprint density at radius 3 is 1.97 bits per heavy atom. The number of hydrogen-bond acceptors (Lipinski definition) is 2. The Labute approximate surface area is 194 Å². The molecular formula is C26H23F4NO3. The predicted molar refractivity (Wildman–Crippen MR) is 120 cm³/mol. The third-order valence-electron chi connectivity index (χ3n) is 5.69. The summed E-state index contributed by atoms with van der Waals surface area (Å²) in [7, 11) is 0. The predicted octanol–water partition coefficient (Wildman–Crippen LogP) is 5.57. The van der Waals surface area contributed by atoms with Gasteiger partial charge >= 0.3 is 12.1 Å². The largest absolute Gasteiger partial charge is 0.490 e. The molecule has 0 aliphatic heterocycles. The van der Waals surface area contributed by atoms with Crippen molar-refractivity contribution >= 4 is 11.9 Å². The van der Waals surface area contributed by atoms with E-state index in [4.69, 9.17) is 15.6 Å². The van der Waals surface area contributed by atoms with Gasteiger partial charge in [0.1, 0.15) is 5.82 Å². The van der Waals surface area contributed by atoms with Gasteiger partial charge in [-0.1, -0.05) is 48.5 Å². The molecule has 0 saturated heterocycles. The number of aliphatic carboxylic acids is 1. The maximum Gasteiger partial charge on any atom is 0.490 e. The normalized spacial score (nSPS) is 13.1. The Hall–Kier alpha value is -3.68. The van der Waals surface area contributed by atoms with Gasteiger partial charge in [-0.25, -0.2) is 9.18 Å². The quantitative estimate of drug-likeness (QED) is 0.476. The summed E-state index contributed by atoms with van der Waals surface area (Å²) in [5, 5.41) is 7.12. The fourth-order valence-electron chi connectivity index (χ4n) is 3.99. The average Bonchev–Trinajstić information content (AvgIpc) is 3.20. The lowest BCUT2D eigenvalue weighted by Gasteiger charge is -2.10. The summed E-state index contributed by atoms with van der Waals surface area (Å²) in [6.07, 6.45) is -0.532. The average molecular weight is 473 g/mol. The van der Waals surface area contributed by atoms with E-state index in [1.165, 1.54) is 48.1 Å². The summed E-state index contributed by atoms with van der Waals surface area (Å²) in [6.45, 7) is 0. The first-order chi connectivity index (χ1) is 16.0. The molecule has 3 aromatic rings. The van der Waals surface area contributed by atoms with Gasteiger partial charge in [0.2, 0.25) is 5.91 Å². The van der Waals surface area contributed by atoms with E-state index in [9.17, 15) is 22.4 Å². The molecule has 1 aliphatic carbocycles. The number of hydrogen-bond donors (Lipinski definition) is 2. The molecule has 4 nitrogen and oxygen atoms in total. The monoisotopic (exact) mass is 473 g/mol. The first-order valence-corrected chi connectivity index (χ1v) is 10.6.